The number of anilines is 2. The SMILES string of the molecule is CC(=O)c1ccc(NC(=O)COC(=O)c2ccc(NC(=O)C=C(C)C(=O)O)cc2)cc1. The number of Topliss-reactive ketones (excluding diaryl/α,β-unsaturated/α-hetero) is 1. The van der Waals surface area contributed by atoms with Gasteiger partial charge < -0.3 is 20.5 Å². The molecule has 2 rings (SSSR count). The molecule has 31 heavy (non-hydrogen) atoms. The van der Waals surface area contributed by atoms with E-state index in [0.717, 1.165) is 6.08 Å². The number of carboxylic acids is 1. The molecular formula is C22H20N2O7. The van der Waals surface area contributed by atoms with E-state index in [1.807, 2.05) is 0 Å². The van der Waals surface area contributed by atoms with E-state index in [9.17, 15) is 24.0 Å². The highest BCUT2D eigenvalue weighted by Crippen LogP contribution is 2.12. The minimum atomic E-state index is -1.20. The lowest BCUT2D eigenvalue weighted by Gasteiger charge is -2.08. The number of aliphatic carboxylic acids is 1. The minimum Gasteiger partial charge on any atom is -0.478 e. The maximum absolute atomic E-state index is 12.1. The van der Waals surface area contributed by atoms with Crippen LogP contribution in [0.2, 0.25) is 0 Å². The molecule has 0 bridgehead atoms. The van der Waals surface area contributed by atoms with Crippen molar-refractivity contribution in [3.63, 3.8) is 0 Å². The highest BCUT2D eigenvalue weighted by Gasteiger charge is 2.11. The average Bonchev–Trinajstić information content (AvgIpc) is 2.72. The molecular weight excluding hydrogens is 404 g/mol. The molecule has 2 aromatic rings. The van der Waals surface area contributed by atoms with Crippen LogP contribution in [0, 0.1) is 0 Å². The first kappa shape index (κ1) is 23.0. The van der Waals surface area contributed by atoms with Crippen LogP contribution in [0.15, 0.2) is 60.2 Å². The summed E-state index contributed by atoms with van der Waals surface area (Å²) < 4.78 is 4.96. The second-order valence-corrected chi connectivity index (χ2v) is 6.46. The molecule has 0 saturated carbocycles. The molecule has 0 aliphatic carbocycles. The number of hydrogen-bond acceptors (Lipinski definition) is 6. The number of carbonyl (C=O) groups excluding carboxylic acids is 4. The van der Waals surface area contributed by atoms with E-state index < -0.39 is 30.4 Å². The lowest BCUT2D eigenvalue weighted by atomic mass is 10.1. The molecule has 3 N–H and O–H groups in total. The van der Waals surface area contributed by atoms with Crippen molar-refractivity contribution in [3.8, 4) is 0 Å². The van der Waals surface area contributed by atoms with Gasteiger partial charge in [-0.15, -0.1) is 0 Å². The van der Waals surface area contributed by atoms with Crippen molar-refractivity contribution < 1.29 is 33.8 Å². The molecule has 0 aromatic heterocycles. The van der Waals surface area contributed by atoms with Crippen molar-refractivity contribution in [2.75, 3.05) is 17.2 Å². The molecule has 2 amide bonds. The molecule has 0 aliphatic heterocycles. The molecule has 9 heteroatoms. The first-order chi connectivity index (χ1) is 14.7. The van der Waals surface area contributed by atoms with Crippen LogP contribution in [-0.2, 0) is 19.1 Å². The Morgan fingerprint density at radius 2 is 1.35 bits per heavy atom. The third-order valence-electron chi connectivity index (χ3n) is 3.98. The Hall–Kier alpha value is -4.27. The molecule has 2 aromatic carbocycles. The number of amides is 2. The second kappa shape index (κ2) is 10.5. The molecule has 0 atom stereocenters. The fourth-order valence-corrected chi connectivity index (χ4v) is 2.33. The Labute approximate surface area is 177 Å². The van der Waals surface area contributed by atoms with Crippen molar-refractivity contribution >= 4 is 40.9 Å². The van der Waals surface area contributed by atoms with Gasteiger partial charge in [-0.3, -0.25) is 14.4 Å². The highest BCUT2D eigenvalue weighted by molar-refractivity contribution is 6.04. The summed E-state index contributed by atoms with van der Waals surface area (Å²) in [5, 5.41) is 13.8. The van der Waals surface area contributed by atoms with E-state index in [4.69, 9.17) is 9.84 Å². The van der Waals surface area contributed by atoms with Gasteiger partial charge in [-0.1, -0.05) is 0 Å². The van der Waals surface area contributed by atoms with E-state index >= 15 is 0 Å². The topological polar surface area (TPSA) is 139 Å². The summed E-state index contributed by atoms with van der Waals surface area (Å²) >= 11 is 0. The third-order valence-corrected chi connectivity index (χ3v) is 3.98. The van der Waals surface area contributed by atoms with Gasteiger partial charge in [0.15, 0.2) is 12.4 Å². The van der Waals surface area contributed by atoms with Crippen molar-refractivity contribution in [2.24, 2.45) is 0 Å². The summed E-state index contributed by atoms with van der Waals surface area (Å²) in [4.78, 5) is 57.7. The van der Waals surface area contributed by atoms with E-state index in [1.54, 1.807) is 24.3 Å². The fourth-order valence-electron chi connectivity index (χ4n) is 2.33. The molecule has 0 spiro atoms. The first-order valence-corrected chi connectivity index (χ1v) is 9.06. The number of carbonyl (C=O) groups is 5. The maximum Gasteiger partial charge on any atom is 0.338 e. The predicted molar refractivity (Wildman–Crippen MR) is 112 cm³/mol. The normalized spacial score (nSPS) is 10.7. The molecule has 160 valence electrons. The summed E-state index contributed by atoms with van der Waals surface area (Å²) in [5.74, 6) is -3.20. The van der Waals surface area contributed by atoms with Gasteiger partial charge in [0.25, 0.3) is 5.91 Å². The number of rotatable bonds is 8. The maximum atomic E-state index is 12.1. The molecule has 0 aliphatic rings. The van der Waals surface area contributed by atoms with Gasteiger partial charge in [0.05, 0.1) is 5.56 Å². The first-order valence-electron chi connectivity index (χ1n) is 9.06. The number of hydrogen-bond donors (Lipinski definition) is 3. The van der Waals surface area contributed by atoms with Crippen molar-refractivity contribution in [1.29, 1.82) is 0 Å². The number of ketones is 1. The van der Waals surface area contributed by atoms with Crippen molar-refractivity contribution in [1.82, 2.24) is 0 Å². The summed E-state index contributed by atoms with van der Waals surface area (Å²) in [7, 11) is 0. The van der Waals surface area contributed by atoms with Crippen molar-refractivity contribution in [2.45, 2.75) is 13.8 Å². The molecule has 9 nitrogen and oxygen atoms in total. The quantitative estimate of drug-likeness (QED) is 0.336. The largest absolute Gasteiger partial charge is 0.478 e. The number of nitrogens with one attached hydrogen (secondary N) is 2. The summed E-state index contributed by atoms with van der Waals surface area (Å²) in [5.41, 5.74) is 1.36. The standard InChI is InChI=1S/C22H20N2O7/c1-13(21(28)29)11-19(26)23-17-9-5-16(6-10-17)22(30)31-12-20(27)24-18-7-3-15(4-8-18)14(2)25/h3-11H,12H2,1-2H3,(H,23,26)(H,24,27)(H,28,29). The molecule has 0 unspecified atom stereocenters. The zero-order chi connectivity index (χ0) is 23.0. The number of esters is 1. The fraction of sp³-hybridized carbons (Fsp3) is 0.136. The van der Waals surface area contributed by atoms with Gasteiger partial charge in [0.2, 0.25) is 5.91 Å². The zero-order valence-electron chi connectivity index (χ0n) is 16.8. The van der Waals surface area contributed by atoms with E-state index in [0.29, 0.717) is 16.9 Å². The monoisotopic (exact) mass is 424 g/mol. The van der Waals surface area contributed by atoms with E-state index in [1.165, 1.54) is 38.1 Å². The van der Waals surface area contributed by atoms with Crippen LogP contribution in [0.3, 0.4) is 0 Å². The van der Waals surface area contributed by atoms with Crippen LogP contribution in [0.25, 0.3) is 0 Å². The van der Waals surface area contributed by atoms with Crippen LogP contribution in [-0.4, -0.2) is 41.2 Å². The summed E-state index contributed by atoms with van der Waals surface area (Å²) in [6.45, 7) is 2.22. The lowest BCUT2D eigenvalue weighted by molar-refractivity contribution is -0.132. The van der Waals surface area contributed by atoms with Crippen LogP contribution in [0.1, 0.15) is 34.6 Å². The van der Waals surface area contributed by atoms with Gasteiger partial charge in [0, 0.05) is 28.6 Å². The van der Waals surface area contributed by atoms with Gasteiger partial charge >= 0.3 is 11.9 Å². The molecule has 0 fully saturated rings. The number of carboxylic acid groups (broad SMARTS) is 1. The van der Waals surface area contributed by atoms with Gasteiger partial charge in [-0.2, -0.15) is 0 Å². The Morgan fingerprint density at radius 1 is 0.839 bits per heavy atom. The Balaban J connectivity index is 1.86. The average molecular weight is 424 g/mol. The van der Waals surface area contributed by atoms with Gasteiger partial charge in [0.1, 0.15) is 0 Å². The Kier molecular flexibility index (Phi) is 7.79. The van der Waals surface area contributed by atoms with E-state index in [-0.39, 0.29) is 16.9 Å². The molecule has 0 heterocycles. The number of benzene rings is 2. The van der Waals surface area contributed by atoms with Crippen molar-refractivity contribution in [3.05, 3.63) is 71.3 Å². The van der Waals surface area contributed by atoms with Crippen LogP contribution in [0.4, 0.5) is 11.4 Å². The molecule has 0 radical (unpaired) electrons. The summed E-state index contributed by atoms with van der Waals surface area (Å²) in [6.07, 6.45) is 0.941. The lowest BCUT2D eigenvalue weighted by Crippen LogP contribution is -2.21. The number of ether oxygens (including phenoxy) is 1. The van der Waals surface area contributed by atoms with Crippen LogP contribution < -0.4 is 10.6 Å². The Bertz CT molecular complexity index is 1040. The van der Waals surface area contributed by atoms with Crippen LogP contribution >= 0.6 is 0 Å². The van der Waals surface area contributed by atoms with Crippen LogP contribution in [0.5, 0.6) is 0 Å². The third kappa shape index (κ3) is 7.24. The minimum absolute atomic E-state index is 0.0933. The second-order valence-electron chi connectivity index (χ2n) is 6.46. The molecule has 0 saturated heterocycles. The van der Waals surface area contributed by atoms with Gasteiger partial charge in [-0.05, 0) is 62.4 Å². The highest BCUT2D eigenvalue weighted by atomic mass is 16.5. The van der Waals surface area contributed by atoms with E-state index in [2.05, 4.69) is 10.6 Å². The Morgan fingerprint density at radius 3 is 1.87 bits per heavy atom. The smallest absolute Gasteiger partial charge is 0.338 e. The predicted octanol–water partition coefficient (Wildman–Crippen LogP) is 2.65. The zero-order valence-corrected chi connectivity index (χ0v) is 16.8. The summed E-state index contributed by atoms with van der Waals surface area (Å²) in [6, 6.07) is 11.9. The van der Waals surface area contributed by atoms with Gasteiger partial charge in [-0.25, -0.2) is 9.59 Å².